The molecule has 1 saturated carbocycles. The van der Waals surface area contributed by atoms with Gasteiger partial charge in [-0.25, -0.2) is 4.79 Å². The van der Waals surface area contributed by atoms with Gasteiger partial charge >= 0.3 is 6.09 Å². The van der Waals surface area contributed by atoms with Crippen LogP contribution in [0.15, 0.2) is 30.3 Å². The number of hydrogen-bond donors (Lipinski definition) is 1. The van der Waals surface area contributed by atoms with Gasteiger partial charge in [0.25, 0.3) is 5.69 Å². The number of nitrogens with two attached hydrogens (primary N) is 1. The maximum atomic E-state index is 10.5. The molecular weight excluding hydrogens is 260 g/mol. The number of para-hydroxylation sites is 1. The van der Waals surface area contributed by atoms with Gasteiger partial charge in [0.1, 0.15) is 5.60 Å². The number of carbonyl (C=O) groups is 1. The van der Waals surface area contributed by atoms with E-state index >= 15 is 0 Å². The minimum atomic E-state index is -0.644. The van der Waals surface area contributed by atoms with Crippen LogP contribution in [0.2, 0.25) is 0 Å². The van der Waals surface area contributed by atoms with Crippen LogP contribution < -0.4 is 5.73 Å². The first-order chi connectivity index (χ1) is 9.43. The van der Waals surface area contributed by atoms with Crippen molar-refractivity contribution >= 4 is 11.8 Å². The first-order valence-electron chi connectivity index (χ1n) is 6.61. The minimum absolute atomic E-state index is 0.137. The second-order valence-corrected chi connectivity index (χ2v) is 5.02. The van der Waals surface area contributed by atoms with Crippen LogP contribution in [0, 0.1) is 10.1 Å². The molecule has 1 aromatic rings. The summed E-state index contributed by atoms with van der Waals surface area (Å²) < 4.78 is 5.02. The fourth-order valence-electron chi connectivity index (χ4n) is 2.19. The summed E-state index contributed by atoms with van der Waals surface area (Å²) in [6.45, 7) is 1.96. The Morgan fingerprint density at radius 1 is 1.25 bits per heavy atom. The van der Waals surface area contributed by atoms with Crippen molar-refractivity contribution in [1.29, 1.82) is 0 Å². The molecule has 1 aliphatic rings. The van der Waals surface area contributed by atoms with Gasteiger partial charge in [0.05, 0.1) is 4.92 Å². The number of nitro groups is 1. The van der Waals surface area contributed by atoms with E-state index in [2.05, 4.69) is 0 Å². The Kier molecular flexibility index (Phi) is 5.96. The lowest BCUT2D eigenvalue weighted by Gasteiger charge is -2.32. The van der Waals surface area contributed by atoms with E-state index in [1.807, 2.05) is 6.92 Å². The first kappa shape index (κ1) is 15.9. The zero-order valence-electron chi connectivity index (χ0n) is 11.6. The Morgan fingerprint density at radius 2 is 1.80 bits per heavy atom. The van der Waals surface area contributed by atoms with E-state index in [1.165, 1.54) is 18.6 Å². The van der Waals surface area contributed by atoms with Crippen LogP contribution in [0.1, 0.15) is 39.0 Å². The number of nitro benzene ring substituents is 1. The molecule has 0 heterocycles. The number of hydrogen-bond acceptors (Lipinski definition) is 4. The molecule has 6 heteroatoms. The van der Waals surface area contributed by atoms with Gasteiger partial charge in [-0.2, -0.15) is 0 Å². The van der Waals surface area contributed by atoms with Crippen LogP contribution in [-0.2, 0) is 4.74 Å². The molecule has 0 aromatic heterocycles. The van der Waals surface area contributed by atoms with E-state index < -0.39 is 11.0 Å². The Hall–Kier alpha value is -2.11. The van der Waals surface area contributed by atoms with E-state index in [9.17, 15) is 14.9 Å². The highest BCUT2D eigenvalue weighted by Gasteiger charge is 2.29. The highest BCUT2D eigenvalue weighted by atomic mass is 16.6. The number of amides is 1. The third-order valence-electron chi connectivity index (χ3n) is 3.23. The highest BCUT2D eigenvalue weighted by molar-refractivity contribution is 5.65. The predicted octanol–water partition coefficient (Wildman–Crippen LogP) is 3.40. The SMILES string of the molecule is CC1(OC(N)=O)CCCCC1.O=[N+]([O-])c1ccccc1. The van der Waals surface area contributed by atoms with Crippen molar-refractivity contribution in [3.8, 4) is 0 Å². The van der Waals surface area contributed by atoms with E-state index in [1.54, 1.807) is 18.2 Å². The predicted molar refractivity (Wildman–Crippen MR) is 75.3 cm³/mol. The summed E-state index contributed by atoms with van der Waals surface area (Å²) >= 11 is 0. The molecule has 1 aromatic carbocycles. The Morgan fingerprint density at radius 3 is 2.20 bits per heavy atom. The van der Waals surface area contributed by atoms with Crippen LogP contribution in [0.4, 0.5) is 10.5 Å². The lowest BCUT2D eigenvalue weighted by atomic mass is 9.86. The zero-order chi connectivity index (χ0) is 15.0. The Bertz CT molecular complexity index is 442. The molecule has 110 valence electrons. The lowest BCUT2D eigenvalue weighted by Crippen LogP contribution is -2.35. The van der Waals surface area contributed by atoms with Crippen molar-refractivity contribution in [2.75, 3.05) is 0 Å². The molecule has 2 rings (SSSR count). The van der Waals surface area contributed by atoms with Crippen molar-refractivity contribution in [3.63, 3.8) is 0 Å². The molecule has 1 aliphatic carbocycles. The van der Waals surface area contributed by atoms with Gasteiger partial charge in [0.2, 0.25) is 0 Å². The number of primary amides is 1. The summed E-state index contributed by atoms with van der Waals surface area (Å²) in [5.41, 5.74) is 4.81. The summed E-state index contributed by atoms with van der Waals surface area (Å²) in [7, 11) is 0. The molecule has 0 spiro atoms. The zero-order valence-corrected chi connectivity index (χ0v) is 11.6. The van der Waals surface area contributed by atoms with Crippen molar-refractivity contribution < 1.29 is 14.5 Å². The maximum absolute atomic E-state index is 10.5. The number of ether oxygens (including phenoxy) is 1. The third-order valence-corrected chi connectivity index (χ3v) is 3.23. The van der Waals surface area contributed by atoms with Crippen molar-refractivity contribution in [2.45, 2.75) is 44.6 Å². The molecule has 0 unspecified atom stereocenters. The third kappa shape index (κ3) is 5.69. The smallest absolute Gasteiger partial charge is 0.405 e. The Labute approximate surface area is 118 Å². The van der Waals surface area contributed by atoms with Gasteiger partial charge in [-0.3, -0.25) is 10.1 Å². The van der Waals surface area contributed by atoms with Gasteiger partial charge in [-0.15, -0.1) is 0 Å². The average molecular weight is 280 g/mol. The molecule has 1 fully saturated rings. The fourth-order valence-corrected chi connectivity index (χ4v) is 2.19. The average Bonchev–Trinajstić information content (AvgIpc) is 2.40. The summed E-state index contributed by atoms with van der Waals surface area (Å²) in [6.07, 6.45) is 4.80. The molecule has 0 radical (unpaired) electrons. The normalized spacial score (nSPS) is 16.4. The summed E-state index contributed by atoms with van der Waals surface area (Å²) in [6, 6.07) is 7.93. The molecule has 1 amide bonds. The quantitative estimate of drug-likeness (QED) is 0.663. The second-order valence-electron chi connectivity index (χ2n) is 5.02. The number of nitrogens with zero attached hydrogens (tertiary/aromatic N) is 1. The number of benzene rings is 1. The molecule has 20 heavy (non-hydrogen) atoms. The van der Waals surface area contributed by atoms with E-state index in [0.717, 1.165) is 25.7 Å². The van der Waals surface area contributed by atoms with Gasteiger partial charge in [-0.05, 0) is 32.6 Å². The minimum Gasteiger partial charge on any atom is -0.443 e. The standard InChI is InChI=1S/C8H15NO2.C6H5NO2/c1-8(11-7(9)10)5-3-2-4-6-8;8-7(9)6-4-2-1-3-5-6/h2-6H2,1H3,(H2,9,10);1-5H. The van der Waals surface area contributed by atoms with Crippen LogP contribution >= 0.6 is 0 Å². The fraction of sp³-hybridized carbons (Fsp3) is 0.500. The van der Waals surface area contributed by atoms with E-state index in [4.69, 9.17) is 10.5 Å². The molecule has 0 saturated heterocycles. The molecule has 0 atom stereocenters. The Balaban J connectivity index is 0.000000204. The van der Waals surface area contributed by atoms with Gasteiger partial charge in [0, 0.05) is 12.1 Å². The molecule has 0 bridgehead atoms. The number of non-ortho nitro benzene ring substituents is 1. The van der Waals surface area contributed by atoms with Crippen LogP contribution in [0.25, 0.3) is 0 Å². The molecule has 6 nitrogen and oxygen atoms in total. The van der Waals surface area contributed by atoms with Gasteiger partial charge in [0.15, 0.2) is 0 Å². The van der Waals surface area contributed by atoms with E-state index in [-0.39, 0.29) is 11.3 Å². The maximum Gasteiger partial charge on any atom is 0.405 e. The van der Waals surface area contributed by atoms with Crippen molar-refractivity contribution in [2.24, 2.45) is 5.73 Å². The summed E-state index contributed by atoms with van der Waals surface area (Å²) in [5, 5.41) is 10.0. The molecular formula is C14H20N2O4. The monoisotopic (exact) mass is 280 g/mol. The number of carbonyl (C=O) groups excluding carboxylic acids is 1. The van der Waals surface area contributed by atoms with Gasteiger partial charge < -0.3 is 10.5 Å². The van der Waals surface area contributed by atoms with Crippen LogP contribution in [0.3, 0.4) is 0 Å². The van der Waals surface area contributed by atoms with Crippen LogP contribution in [-0.4, -0.2) is 16.6 Å². The lowest BCUT2D eigenvalue weighted by molar-refractivity contribution is -0.384. The molecule has 0 aliphatic heterocycles. The van der Waals surface area contributed by atoms with Gasteiger partial charge in [-0.1, -0.05) is 24.6 Å². The first-order valence-corrected chi connectivity index (χ1v) is 6.61. The topological polar surface area (TPSA) is 95.5 Å². The van der Waals surface area contributed by atoms with Crippen molar-refractivity contribution in [1.82, 2.24) is 0 Å². The molecule has 2 N–H and O–H groups in total. The van der Waals surface area contributed by atoms with Crippen molar-refractivity contribution in [3.05, 3.63) is 40.4 Å². The number of rotatable bonds is 2. The second kappa shape index (κ2) is 7.47. The van der Waals surface area contributed by atoms with Crippen LogP contribution in [0.5, 0.6) is 0 Å². The van der Waals surface area contributed by atoms with E-state index in [0.29, 0.717) is 0 Å². The highest BCUT2D eigenvalue weighted by Crippen LogP contribution is 2.30. The summed E-state index contributed by atoms with van der Waals surface area (Å²) in [5.74, 6) is 0. The summed E-state index contributed by atoms with van der Waals surface area (Å²) in [4.78, 5) is 20.1. The largest absolute Gasteiger partial charge is 0.443 e.